The quantitative estimate of drug-likeness (QED) is 0.562. The first kappa shape index (κ1) is 17.8. The van der Waals surface area contributed by atoms with Crippen molar-refractivity contribution >= 4 is 22.6 Å². The second kappa shape index (κ2) is 6.69. The number of fused-ring (bicyclic) bond motifs is 2. The summed E-state index contributed by atoms with van der Waals surface area (Å²) in [4.78, 5) is 27.6. The average Bonchev–Trinajstić information content (AvgIpc) is 3.28. The summed E-state index contributed by atoms with van der Waals surface area (Å²) in [5.41, 5.74) is 4.77. The summed E-state index contributed by atoms with van der Waals surface area (Å²) in [5, 5.41) is 0. The number of hydrogen-bond donors (Lipinski definition) is 1. The van der Waals surface area contributed by atoms with Crippen LogP contribution in [0.3, 0.4) is 0 Å². The Bertz CT molecular complexity index is 1230. The molecule has 1 amide bonds. The van der Waals surface area contributed by atoms with Gasteiger partial charge in [-0.05, 0) is 56.5 Å². The van der Waals surface area contributed by atoms with Crippen molar-refractivity contribution < 1.29 is 9.18 Å². The lowest BCUT2D eigenvalue weighted by Gasteiger charge is -2.31. The van der Waals surface area contributed by atoms with Crippen molar-refractivity contribution in [2.75, 3.05) is 13.1 Å². The molecule has 5 rings (SSSR count). The van der Waals surface area contributed by atoms with E-state index in [4.69, 9.17) is 0 Å². The molecule has 0 bridgehead atoms. The maximum Gasteiger partial charge on any atom is 0.272 e. The van der Waals surface area contributed by atoms with Crippen molar-refractivity contribution in [3.05, 3.63) is 65.1 Å². The summed E-state index contributed by atoms with van der Waals surface area (Å²) >= 11 is 0. The van der Waals surface area contributed by atoms with Crippen molar-refractivity contribution in [3.63, 3.8) is 0 Å². The number of piperidine rings is 1. The van der Waals surface area contributed by atoms with Gasteiger partial charge in [0.15, 0.2) is 0 Å². The Morgan fingerprint density at radius 3 is 2.76 bits per heavy atom. The van der Waals surface area contributed by atoms with Crippen LogP contribution in [0.1, 0.15) is 46.3 Å². The Hall–Kier alpha value is -3.22. The molecule has 1 fully saturated rings. The van der Waals surface area contributed by atoms with Crippen LogP contribution < -0.4 is 0 Å². The highest BCUT2D eigenvalue weighted by atomic mass is 19.1. The van der Waals surface area contributed by atoms with Crippen LogP contribution in [0.15, 0.2) is 36.5 Å². The van der Waals surface area contributed by atoms with E-state index < -0.39 is 0 Å². The molecular weight excluding hydrogens is 369 g/mol. The Morgan fingerprint density at radius 1 is 1.17 bits per heavy atom. The highest BCUT2D eigenvalue weighted by molar-refractivity contribution is 5.95. The van der Waals surface area contributed by atoms with Gasteiger partial charge in [0, 0.05) is 25.2 Å². The number of H-pyrrole nitrogens is 1. The van der Waals surface area contributed by atoms with Crippen LogP contribution in [0.4, 0.5) is 4.39 Å². The summed E-state index contributed by atoms with van der Waals surface area (Å²) in [7, 11) is 0. The van der Waals surface area contributed by atoms with Crippen LogP contribution in [-0.2, 0) is 0 Å². The third-order valence-electron chi connectivity index (χ3n) is 5.85. The van der Waals surface area contributed by atoms with Gasteiger partial charge in [0.25, 0.3) is 5.91 Å². The van der Waals surface area contributed by atoms with Crippen LogP contribution in [0, 0.1) is 19.7 Å². The molecular formula is C22H22FN5O. The molecule has 3 aromatic heterocycles. The largest absolute Gasteiger partial charge is 0.342 e. The van der Waals surface area contributed by atoms with Crippen LogP contribution in [0.2, 0.25) is 0 Å². The zero-order valence-corrected chi connectivity index (χ0v) is 16.4. The van der Waals surface area contributed by atoms with E-state index in [1.54, 1.807) is 6.07 Å². The van der Waals surface area contributed by atoms with Gasteiger partial charge in [-0.3, -0.25) is 9.20 Å². The molecule has 0 atom stereocenters. The molecule has 0 saturated carbocycles. The van der Waals surface area contributed by atoms with Gasteiger partial charge < -0.3 is 9.88 Å². The number of amides is 1. The van der Waals surface area contributed by atoms with Crippen LogP contribution in [-0.4, -0.2) is 43.2 Å². The number of pyridine rings is 1. The summed E-state index contributed by atoms with van der Waals surface area (Å²) in [6, 6.07) is 8.53. The fraction of sp³-hybridized carbons (Fsp3) is 0.318. The Morgan fingerprint density at radius 2 is 1.97 bits per heavy atom. The van der Waals surface area contributed by atoms with Gasteiger partial charge in [-0.1, -0.05) is 6.07 Å². The molecule has 0 spiro atoms. The zero-order valence-electron chi connectivity index (χ0n) is 16.4. The summed E-state index contributed by atoms with van der Waals surface area (Å²) in [6.07, 6.45) is 3.54. The fourth-order valence-electron chi connectivity index (χ4n) is 4.28. The molecule has 0 radical (unpaired) electrons. The standard InChI is InChI=1S/C22H22FN5O/c1-13-4-3-9-28-19(14(2)24-21(13)28)22(29)27-10-7-15(8-11-27)20-25-17-6-5-16(23)12-18(17)26-20/h3-6,9,12,15H,7-8,10-11H2,1-2H3,(H,25,26). The van der Waals surface area contributed by atoms with E-state index in [1.165, 1.54) is 12.1 Å². The van der Waals surface area contributed by atoms with E-state index in [1.807, 2.05) is 41.5 Å². The molecule has 4 aromatic rings. The number of rotatable bonds is 2. The van der Waals surface area contributed by atoms with E-state index in [-0.39, 0.29) is 17.6 Å². The van der Waals surface area contributed by atoms with E-state index >= 15 is 0 Å². The van der Waals surface area contributed by atoms with Gasteiger partial charge in [-0.2, -0.15) is 0 Å². The third kappa shape index (κ3) is 2.97. The van der Waals surface area contributed by atoms with Crippen LogP contribution >= 0.6 is 0 Å². The van der Waals surface area contributed by atoms with Crippen molar-refractivity contribution in [2.24, 2.45) is 0 Å². The normalized spacial score (nSPS) is 15.5. The summed E-state index contributed by atoms with van der Waals surface area (Å²) < 4.78 is 15.3. The van der Waals surface area contributed by atoms with Gasteiger partial charge in [0.05, 0.1) is 16.7 Å². The predicted octanol–water partition coefficient (Wildman–Crippen LogP) is 3.99. The minimum absolute atomic E-state index is 0.0192. The molecule has 6 nitrogen and oxygen atoms in total. The van der Waals surface area contributed by atoms with Gasteiger partial charge in [-0.25, -0.2) is 14.4 Å². The number of halogens is 1. The number of aromatic amines is 1. The van der Waals surface area contributed by atoms with Gasteiger partial charge >= 0.3 is 0 Å². The van der Waals surface area contributed by atoms with E-state index in [2.05, 4.69) is 15.0 Å². The lowest BCUT2D eigenvalue weighted by atomic mass is 9.96. The number of carbonyl (C=O) groups excluding carboxylic acids is 1. The third-order valence-corrected chi connectivity index (χ3v) is 5.85. The first-order chi connectivity index (χ1) is 14.0. The fourth-order valence-corrected chi connectivity index (χ4v) is 4.28. The van der Waals surface area contributed by atoms with Crippen LogP contribution in [0.5, 0.6) is 0 Å². The SMILES string of the molecule is Cc1nc2c(C)cccn2c1C(=O)N1CCC(c2nc3ccc(F)cc3[nH]2)CC1. The lowest BCUT2D eigenvalue weighted by molar-refractivity contribution is 0.0703. The first-order valence-electron chi connectivity index (χ1n) is 9.90. The molecule has 1 aromatic carbocycles. The zero-order chi connectivity index (χ0) is 20.1. The van der Waals surface area contributed by atoms with E-state index in [0.29, 0.717) is 18.8 Å². The highest BCUT2D eigenvalue weighted by Gasteiger charge is 2.29. The van der Waals surface area contributed by atoms with Gasteiger partial charge in [0.2, 0.25) is 0 Å². The number of nitrogens with zero attached hydrogens (tertiary/aromatic N) is 4. The first-order valence-corrected chi connectivity index (χ1v) is 9.90. The number of hydrogen-bond acceptors (Lipinski definition) is 3. The Kier molecular flexibility index (Phi) is 4.12. The monoisotopic (exact) mass is 391 g/mol. The topological polar surface area (TPSA) is 66.3 Å². The van der Waals surface area contributed by atoms with Gasteiger partial charge in [0.1, 0.15) is 23.0 Å². The predicted molar refractivity (Wildman–Crippen MR) is 109 cm³/mol. The van der Waals surface area contributed by atoms with Crippen molar-refractivity contribution in [1.82, 2.24) is 24.3 Å². The number of likely N-dealkylation sites (tertiary alicyclic amines) is 1. The smallest absolute Gasteiger partial charge is 0.272 e. The lowest BCUT2D eigenvalue weighted by Crippen LogP contribution is -2.39. The second-order valence-corrected chi connectivity index (χ2v) is 7.78. The van der Waals surface area contributed by atoms with E-state index in [9.17, 15) is 9.18 Å². The molecule has 4 heterocycles. The molecule has 148 valence electrons. The molecule has 0 unspecified atom stereocenters. The van der Waals surface area contributed by atoms with E-state index in [0.717, 1.165) is 46.6 Å². The minimum atomic E-state index is -0.272. The molecule has 0 aliphatic carbocycles. The van der Waals surface area contributed by atoms with Crippen LogP contribution in [0.25, 0.3) is 16.7 Å². The van der Waals surface area contributed by atoms with Gasteiger partial charge in [-0.15, -0.1) is 0 Å². The number of aromatic nitrogens is 4. The average molecular weight is 391 g/mol. The number of imidazole rings is 2. The number of benzene rings is 1. The Balaban J connectivity index is 1.36. The van der Waals surface area contributed by atoms with Crippen molar-refractivity contribution in [1.29, 1.82) is 0 Å². The Labute approximate surface area is 167 Å². The number of carbonyl (C=O) groups is 1. The number of aryl methyl sites for hydroxylation is 2. The summed E-state index contributed by atoms with van der Waals surface area (Å²) in [5.74, 6) is 0.858. The number of nitrogens with one attached hydrogen (secondary N) is 1. The molecule has 7 heteroatoms. The minimum Gasteiger partial charge on any atom is -0.342 e. The molecule has 1 N–H and O–H groups in total. The maximum absolute atomic E-state index is 13.4. The molecule has 1 aliphatic rings. The van der Waals surface area contributed by atoms with Crippen molar-refractivity contribution in [2.45, 2.75) is 32.6 Å². The molecule has 29 heavy (non-hydrogen) atoms. The highest BCUT2D eigenvalue weighted by Crippen LogP contribution is 2.29. The van der Waals surface area contributed by atoms with Crippen molar-refractivity contribution in [3.8, 4) is 0 Å². The second-order valence-electron chi connectivity index (χ2n) is 7.78. The molecule has 1 saturated heterocycles. The maximum atomic E-state index is 13.4. The summed E-state index contributed by atoms with van der Waals surface area (Å²) in [6.45, 7) is 5.21. The molecule has 1 aliphatic heterocycles.